The smallest absolute Gasteiger partial charge is 0.324 e. The van der Waals surface area contributed by atoms with Gasteiger partial charge in [-0.3, -0.25) is 27.8 Å². The van der Waals surface area contributed by atoms with Gasteiger partial charge in [-0.25, -0.2) is 21.7 Å². The summed E-state index contributed by atoms with van der Waals surface area (Å²) in [6.07, 6.45) is 0. The minimum Gasteiger partial charge on any atom is -0.497 e. The van der Waals surface area contributed by atoms with Crippen molar-refractivity contribution in [2.24, 2.45) is 0 Å². The number of hydrogen-bond donors (Lipinski definition) is 2. The highest BCUT2D eigenvalue weighted by molar-refractivity contribution is 7.93. The molecular weight excluding hydrogens is 803 g/mol. The Bertz CT molecular complexity index is 2850. The van der Waals surface area contributed by atoms with Crippen molar-refractivity contribution in [3.8, 4) is 22.6 Å². The molecule has 0 bridgehead atoms. The van der Waals surface area contributed by atoms with Crippen LogP contribution in [-0.4, -0.2) is 78.1 Å². The summed E-state index contributed by atoms with van der Waals surface area (Å²) in [4.78, 5) is 52.1. The zero-order valence-corrected chi connectivity index (χ0v) is 32.8. The molecule has 0 aliphatic carbocycles. The van der Waals surface area contributed by atoms with Crippen LogP contribution in [0, 0.1) is 0 Å². The van der Waals surface area contributed by atoms with Crippen LogP contribution in [-0.2, 0) is 29.6 Å². The summed E-state index contributed by atoms with van der Waals surface area (Å²) in [5, 5.41) is 20.4. The Hall–Kier alpha value is -7.24. The number of amides is 2. The molecule has 2 N–H and O–H groups in total. The van der Waals surface area contributed by atoms with Crippen molar-refractivity contribution in [2.75, 3.05) is 40.8 Å². The van der Waals surface area contributed by atoms with Gasteiger partial charge < -0.3 is 19.7 Å². The van der Waals surface area contributed by atoms with E-state index in [1.54, 1.807) is 12.1 Å². The monoisotopic (exact) mass is 835 g/mol. The average Bonchev–Trinajstić information content (AvgIpc) is 3.49. The van der Waals surface area contributed by atoms with Crippen LogP contribution >= 0.6 is 0 Å². The second-order valence-electron chi connectivity index (χ2n) is 13.0. The first kappa shape index (κ1) is 40.0. The van der Waals surface area contributed by atoms with E-state index in [0.717, 1.165) is 4.90 Å². The lowest BCUT2D eigenvalue weighted by atomic mass is 9.96. The molecule has 1 aliphatic rings. The van der Waals surface area contributed by atoms with Crippen molar-refractivity contribution >= 4 is 71.6 Å². The van der Waals surface area contributed by atoms with Crippen LogP contribution in [0.5, 0.6) is 11.5 Å². The standard InChI is InChI=1S/C42H33N3O12S2/c1-56-28-15-19-30(20-16-28)58(52,53)43(24-38(46)47)37-23-36(26-11-13-27(14-12-26)45-41(50)34-9-5-6-10-35(34)42(45)51)40(33-8-4-3-7-32(33)37)44(25-39(48)49)59(54,55)31-21-17-29(57-2)18-22-31/h3-23H,24-25H2,1-2H3,(H,46,47)(H,48,49). The second-order valence-corrected chi connectivity index (χ2v) is 16.8. The van der Waals surface area contributed by atoms with Gasteiger partial charge in [0.2, 0.25) is 0 Å². The second kappa shape index (κ2) is 15.6. The Morgan fingerprint density at radius 3 is 1.49 bits per heavy atom. The molecule has 0 radical (unpaired) electrons. The number of methoxy groups -OCH3 is 2. The molecule has 300 valence electrons. The van der Waals surface area contributed by atoms with Crippen molar-refractivity contribution in [1.82, 2.24) is 0 Å². The largest absolute Gasteiger partial charge is 0.497 e. The number of fused-ring (bicyclic) bond motifs is 2. The number of carbonyl (C=O) groups excluding carboxylic acids is 2. The molecule has 0 saturated carbocycles. The number of sulfonamides is 2. The van der Waals surface area contributed by atoms with Crippen LogP contribution < -0.4 is 23.0 Å². The number of carboxylic acids is 2. The van der Waals surface area contributed by atoms with Gasteiger partial charge in [0, 0.05) is 16.3 Å². The molecule has 0 spiro atoms. The molecule has 1 heterocycles. The Balaban J connectivity index is 1.50. The molecule has 0 unspecified atom stereocenters. The first-order valence-electron chi connectivity index (χ1n) is 17.6. The molecular formula is C42H33N3O12S2. The quantitative estimate of drug-likeness (QED) is 0.123. The van der Waals surface area contributed by atoms with Gasteiger partial charge in [-0.2, -0.15) is 0 Å². The molecule has 7 rings (SSSR count). The van der Waals surface area contributed by atoms with E-state index in [1.807, 2.05) is 0 Å². The summed E-state index contributed by atoms with van der Waals surface area (Å²) in [6.45, 7) is -2.17. The number of carboxylic acid groups (broad SMARTS) is 2. The highest BCUT2D eigenvalue weighted by atomic mass is 32.2. The SMILES string of the molecule is COc1ccc(S(=O)(=O)N(CC(=O)O)c2cc(-c3ccc(N4C(=O)c5ccccc5C4=O)cc3)c(N(CC(=O)O)S(=O)(=O)c3ccc(OC)cc3)c3ccccc23)cc1. The fourth-order valence-corrected chi connectivity index (χ4v) is 9.71. The van der Waals surface area contributed by atoms with E-state index < -0.39 is 56.9 Å². The number of imide groups is 1. The van der Waals surface area contributed by atoms with Crippen LogP contribution in [0.4, 0.5) is 17.1 Å². The van der Waals surface area contributed by atoms with Crippen molar-refractivity contribution in [3.63, 3.8) is 0 Å². The molecule has 0 atom stereocenters. The van der Waals surface area contributed by atoms with Crippen molar-refractivity contribution in [1.29, 1.82) is 0 Å². The van der Waals surface area contributed by atoms with Gasteiger partial charge in [-0.05, 0) is 84.4 Å². The predicted molar refractivity (Wildman–Crippen MR) is 217 cm³/mol. The summed E-state index contributed by atoms with van der Waals surface area (Å²) in [6, 6.07) is 29.9. The number of rotatable bonds is 14. The topological polar surface area (TPSA) is 205 Å². The van der Waals surface area contributed by atoms with Crippen LogP contribution in [0.3, 0.4) is 0 Å². The van der Waals surface area contributed by atoms with Crippen molar-refractivity contribution < 1.29 is 55.7 Å². The van der Waals surface area contributed by atoms with Gasteiger partial charge in [0.25, 0.3) is 31.9 Å². The van der Waals surface area contributed by atoms with Crippen LogP contribution in [0.1, 0.15) is 20.7 Å². The number of nitrogens with zero attached hydrogens (tertiary/aromatic N) is 3. The maximum absolute atomic E-state index is 14.6. The van der Waals surface area contributed by atoms with E-state index in [0.29, 0.717) is 20.1 Å². The number of aliphatic carboxylic acids is 2. The van der Waals surface area contributed by atoms with Gasteiger partial charge in [-0.15, -0.1) is 0 Å². The number of hydrogen-bond acceptors (Lipinski definition) is 10. The van der Waals surface area contributed by atoms with Gasteiger partial charge in [-0.1, -0.05) is 48.5 Å². The zero-order valence-electron chi connectivity index (χ0n) is 31.2. The Labute approximate surface area is 338 Å². The number of anilines is 3. The molecule has 6 aromatic rings. The average molecular weight is 836 g/mol. The molecule has 17 heteroatoms. The van der Waals surface area contributed by atoms with Crippen LogP contribution in [0.2, 0.25) is 0 Å². The summed E-state index contributed by atoms with van der Waals surface area (Å²) >= 11 is 0. The lowest BCUT2D eigenvalue weighted by molar-refractivity contribution is -0.136. The van der Waals surface area contributed by atoms with E-state index in [1.165, 1.54) is 129 Å². The Kier molecular flexibility index (Phi) is 10.6. The summed E-state index contributed by atoms with van der Waals surface area (Å²) in [7, 11) is -6.62. The minimum absolute atomic E-state index is 0.0359. The third-order valence-corrected chi connectivity index (χ3v) is 13.1. The fourth-order valence-electron chi connectivity index (χ4n) is 6.83. The third-order valence-electron chi connectivity index (χ3n) is 9.60. The summed E-state index contributed by atoms with van der Waals surface area (Å²) in [5.74, 6) is -3.52. The lowest BCUT2D eigenvalue weighted by Gasteiger charge is -2.30. The maximum atomic E-state index is 14.6. The van der Waals surface area contributed by atoms with E-state index >= 15 is 0 Å². The van der Waals surface area contributed by atoms with Crippen molar-refractivity contribution in [2.45, 2.75) is 9.79 Å². The molecule has 1 aliphatic heterocycles. The van der Waals surface area contributed by atoms with Crippen molar-refractivity contribution in [3.05, 3.63) is 139 Å². The van der Waals surface area contributed by atoms with Crippen LogP contribution in [0.25, 0.3) is 21.9 Å². The van der Waals surface area contributed by atoms with E-state index in [4.69, 9.17) is 9.47 Å². The first-order chi connectivity index (χ1) is 28.2. The van der Waals surface area contributed by atoms with E-state index in [9.17, 15) is 46.2 Å². The third kappa shape index (κ3) is 7.28. The van der Waals surface area contributed by atoms with Gasteiger partial charge in [0.15, 0.2) is 0 Å². The normalized spacial score (nSPS) is 12.6. The lowest BCUT2D eigenvalue weighted by Crippen LogP contribution is -2.37. The summed E-state index contributed by atoms with van der Waals surface area (Å²) < 4.78 is 69.8. The molecule has 15 nitrogen and oxygen atoms in total. The molecule has 6 aromatic carbocycles. The minimum atomic E-state index is -4.73. The van der Waals surface area contributed by atoms with E-state index in [2.05, 4.69) is 0 Å². The highest BCUT2D eigenvalue weighted by Gasteiger charge is 2.37. The number of ether oxygens (including phenoxy) is 2. The van der Waals surface area contributed by atoms with Crippen LogP contribution in [0.15, 0.2) is 137 Å². The maximum Gasteiger partial charge on any atom is 0.324 e. The van der Waals surface area contributed by atoms with Gasteiger partial charge in [0.1, 0.15) is 24.6 Å². The molecule has 0 aromatic heterocycles. The first-order valence-corrected chi connectivity index (χ1v) is 20.5. The Morgan fingerprint density at radius 2 is 1.02 bits per heavy atom. The highest BCUT2D eigenvalue weighted by Crippen LogP contribution is 2.46. The van der Waals surface area contributed by atoms with Gasteiger partial charge >= 0.3 is 11.9 Å². The molecule has 59 heavy (non-hydrogen) atoms. The Morgan fingerprint density at radius 1 is 0.576 bits per heavy atom. The van der Waals surface area contributed by atoms with Gasteiger partial charge in [0.05, 0.1) is 52.2 Å². The summed E-state index contributed by atoms with van der Waals surface area (Å²) in [5.41, 5.74) is 0.342. The number of carbonyl (C=O) groups is 4. The zero-order chi connectivity index (χ0) is 42.2. The fraction of sp³-hybridized carbons (Fsp3) is 0.0952. The van der Waals surface area contributed by atoms with E-state index in [-0.39, 0.29) is 59.9 Å². The number of benzene rings is 6. The molecule has 2 amide bonds. The predicted octanol–water partition coefficient (Wildman–Crippen LogP) is 5.88. The molecule has 0 saturated heterocycles. The molecule has 0 fully saturated rings.